The zero-order valence-corrected chi connectivity index (χ0v) is 21.0. The summed E-state index contributed by atoms with van der Waals surface area (Å²) >= 11 is 1.61. The summed E-state index contributed by atoms with van der Waals surface area (Å²) in [5, 5.41) is 2.85. The molecule has 0 aliphatic carbocycles. The molecule has 8 heteroatoms. The minimum absolute atomic E-state index is 0.231. The number of benzene rings is 3. The van der Waals surface area contributed by atoms with E-state index in [0.717, 1.165) is 10.5 Å². The lowest BCUT2D eigenvalue weighted by molar-refractivity contribution is -0.119. The van der Waals surface area contributed by atoms with Crippen molar-refractivity contribution < 1.29 is 23.5 Å². The third-order valence-corrected chi connectivity index (χ3v) is 7.10. The maximum Gasteiger partial charge on any atom is 0.254 e. The number of aryl methyl sites for hydroxylation is 1. The van der Waals surface area contributed by atoms with Crippen molar-refractivity contribution in [3.8, 4) is 11.5 Å². The number of likely N-dealkylation sites (N-methyl/N-ethyl adjacent to an activating group) is 1. The van der Waals surface area contributed by atoms with Crippen LogP contribution in [0.1, 0.15) is 39.0 Å². The van der Waals surface area contributed by atoms with E-state index in [9.17, 15) is 14.0 Å². The lowest BCUT2D eigenvalue weighted by Gasteiger charge is -2.40. The largest absolute Gasteiger partial charge is 0.493 e. The quantitative estimate of drug-likeness (QED) is 0.464. The maximum absolute atomic E-state index is 14.2. The molecule has 3 aromatic rings. The number of nitrogens with zero attached hydrogens (tertiary/aromatic N) is 1. The standard InChI is InChI=1S/C27H27FN2O4S/c1-15-6-9-17(12-21(15)28)29-26(31)24-19-13-22(33-3)23(34-4)14-20(19)27(32)30(2)25(24)16-7-10-18(35-5)11-8-16/h6-14,24-25H,1-5H3,(H,29,31)/t24-,25+/m1/s1. The van der Waals surface area contributed by atoms with Crippen molar-refractivity contribution in [2.24, 2.45) is 0 Å². The molecule has 4 rings (SSSR count). The lowest BCUT2D eigenvalue weighted by atomic mass is 9.79. The van der Waals surface area contributed by atoms with Gasteiger partial charge in [-0.05, 0) is 66.3 Å². The van der Waals surface area contributed by atoms with Crippen molar-refractivity contribution in [2.45, 2.75) is 23.8 Å². The van der Waals surface area contributed by atoms with Crippen LogP contribution in [0.2, 0.25) is 0 Å². The summed E-state index contributed by atoms with van der Waals surface area (Å²) < 4.78 is 25.1. The predicted octanol–water partition coefficient (Wildman–Crippen LogP) is 5.42. The van der Waals surface area contributed by atoms with Gasteiger partial charge < -0.3 is 19.7 Å². The zero-order valence-electron chi connectivity index (χ0n) is 20.2. The van der Waals surface area contributed by atoms with E-state index in [4.69, 9.17) is 9.47 Å². The summed E-state index contributed by atoms with van der Waals surface area (Å²) in [5.74, 6) is -0.966. The first-order chi connectivity index (χ1) is 16.8. The first-order valence-electron chi connectivity index (χ1n) is 11.0. The Balaban J connectivity index is 1.86. The number of hydrogen-bond acceptors (Lipinski definition) is 5. The van der Waals surface area contributed by atoms with Gasteiger partial charge in [-0.15, -0.1) is 11.8 Å². The van der Waals surface area contributed by atoms with Crippen molar-refractivity contribution in [3.63, 3.8) is 0 Å². The first-order valence-corrected chi connectivity index (χ1v) is 12.3. The van der Waals surface area contributed by atoms with Gasteiger partial charge in [-0.3, -0.25) is 9.59 Å². The molecular formula is C27H27FN2O4S. The fourth-order valence-corrected chi connectivity index (χ4v) is 4.85. The second kappa shape index (κ2) is 10.00. The van der Waals surface area contributed by atoms with E-state index < -0.39 is 17.8 Å². The Morgan fingerprint density at radius 2 is 1.69 bits per heavy atom. The Kier molecular flexibility index (Phi) is 7.03. The highest BCUT2D eigenvalue weighted by atomic mass is 32.2. The van der Waals surface area contributed by atoms with Gasteiger partial charge in [-0.2, -0.15) is 0 Å². The molecule has 2 amide bonds. The number of carbonyl (C=O) groups excluding carboxylic acids is 2. The highest BCUT2D eigenvalue weighted by Crippen LogP contribution is 2.46. The van der Waals surface area contributed by atoms with Crippen LogP contribution in [0.25, 0.3) is 0 Å². The van der Waals surface area contributed by atoms with E-state index in [1.165, 1.54) is 20.3 Å². The number of ether oxygens (including phenoxy) is 2. The van der Waals surface area contributed by atoms with Crippen LogP contribution in [0.5, 0.6) is 11.5 Å². The third-order valence-electron chi connectivity index (χ3n) is 6.35. The van der Waals surface area contributed by atoms with Gasteiger partial charge in [0, 0.05) is 23.2 Å². The van der Waals surface area contributed by atoms with Crippen LogP contribution >= 0.6 is 11.8 Å². The molecule has 0 unspecified atom stereocenters. The molecule has 35 heavy (non-hydrogen) atoms. The average molecular weight is 495 g/mol. The Bertz CT molecular complexity index is 1280. The molecular weight excluding hydrogens is 467 g/mol. The van der Waals surface area contributed by atoms with Crippen molar-refractivity contribution in [1.82, 2.24) is 4.90 Å². The van der Waals surface area contributed by atoms with Gasteiger partial charge in [-0.1, -0.05) is 18.2 Å². The monoisotopic (exact) mass is 494 g/mol. The number of anilines is 1. The molecule has 1 heterocycles. The van der Waals surface area contributed by atoms with Crippen LogP contribution in [-0.2, 0) is 4.79 Å². The summed E-state index contributed by atoms with van der Waals surface area (Å²) in [6, 6.07) is 15.1. The average Bonchev–Trinajstić information content (AvgIpc) is 2.87. The number of rotatable bonds is 6. The normalized spacial score (nSPS) is 17.1. The molecule has 1 aliphatic heterocycles. The van der Waals surface area contributed by atoms with Gasteiger partial charge in [-0.25, -0.2) is 4.39 Å². The molecule has 0 fully saturated rings. The maximum atomic E-state index is 14.2. The van der Waals surface area contributed by atoms with Crippen LogP contribution in [0.4, 0.5) is 10.1 Å². The molecule has 0 saturated carbocycles. The zero-order chi connectivity index (χ0) is 25.3. The number of halogens is 1. The van der Waals surface area contributed by atoms with E-state index >= 15 is 0 Å². The number of fused-ring (bicyclic) bond motifs is 1. The van der Waals surface area contributed by atoms with Gasteiger partial charge in [0.15, 0.2) is 11.5 Å². The van der Waals surface area contributed by atoms with Crippen molar-refractivity contribution >= 4 is 29.3 Å². The Morgan fingerprint density at radius 1 is 1.03 bits per heavy atom. The molecule has 0 aromatic heterocycles. The first kappa shape index (κ1) is 24.6. The highest BCUT2D eigenvalue weighted by Gasteiger charge is 2.43. The predicted molar refractivity (Wildman–Crippen MR) is 135 cm³/mol. The second-order valence-corrected chi connectivity index (χ2v) is 9.24. The summed E-state index contributed by atoms with van der Waals surface area (Å²) in [6.45, 7) is 1.66. The van der Waals surface area contributed by atoms with Crippen LogP contribution in [0, 0.1) is 12.7 Å². The van der Waals surface area contributed by atoms with Crippen LogP contribution in [0.3, 0.4) is 0 Å². The summed E-state index contributed by atoms with van der Waals surface area (Å²) in [6.07, 6.45) is 1.98. The molecule has 0 spiro atoms. The lowest BCUT2D eigenvalue weighted by Crippen LogP contribution is -2.44. The van der Waals surface area contributed by atoms with Crippen molar-refractivity contribution in [3.05, 3.63) is 82.7 Å². The Labute approximate surface area is 208 Å². The molecule has 0 radical (unpaired) electrons. The summed E-state index contributed by atoms with van der Waals surface area (Å²) in [4.78, 5) is 29.9. The minimum Gasteiger partial charge on any atom is -0.493 e. The third kappa shape index (κ3) is 4.58. The summed E-state index contributed by atoms with van der Waals surface area (Å²) in [5.41, 5.74) is 2.53. The molecule has 0 bridgehead atoms. The molecule has 0 saturated heterocycles. The van der Waals surface area contributed by atoms with E-state index in [1.807, 2.05) is 30.5 Å². The van der Waals surface area contributed by atoms with Crippen LogP contribution in [0.15, 0.2) is 59.5 Å². The van der Waals surface area contributed by atoms with Crippen LogP contribution < -0.4 is 14.8 Å². The second-order valence-electron chi connectivity index (χ2n) is 8.36. The number of methoxy groups -OCH3 is 2. The van der Waals surface area contributed by atoms with Crippen molar-refractivity contribution in [2.75, 3.05) is 32.8 Å². The molecule has 2 atom stereocenters. The molecule has 1 aliphatic rings. The molecule has 1 N–H and O–H groups in total. The van der Waals surface area contributed by atoms with E-state index in [-0.39, 0.29) is 11.8 Å². The van der Waals surface area contributed by atoms with E-state index in [0.29, 0.717) is 33.9 Å². The molecule has 6 nitrogen and oxygen atoms in total. The number of amides is 2. The number of nitrogens with one attached hydrogen (secondary N) is 1. The number of thioether (sulfide) groups is 1. The fraction of sp³-hybridized carbons (Fsp3) is 0.259. The fourth-order valence-electron chi connectivity index (χ4n) is 4.44. The summed E-state index contributed by atoms with van der Waals surface area (Å²) in [7, 11) is 4.68. The van der Waals surface area contributed by atoms with Crippen molar-refractivity contribution in [1.29, 1.82) is 0 Å². The van der Waals surface area contributed by atoms with Crippen LogP contribution in [-0.4, -0.2) is 44.2 Å². The van der Waals surface area contributed by atoms with Gasteiger partial charge in [0.05, 0.1) is 26.2 Å². The SMILES string of the molecule is COc1cc2c(cc1OC)[C@@H](C(=O)Nc1ccc(C)c(F)c1)[C@H](c1ccc(SC)cc1)N(C)C2=O. The topological polar surface area (TPSA) is 67.9 Å². The molecule has 182 valence electrons. The number of hydrogen-bond donors (Lipinski definition) is 1. The highest BCUT2D eigenvalue weighted by molar-refractivity contribution is 7.98. The van der Waals surface area contributed by atoms with E-state index in [1.54, 1.807) is 54.9 Å². The number of carbonyl (C=O) groups is 2. The van der Waals surface area contributed by atoms with Gasteiger partial charge in [0.2, 0.25) is 5.91 Å². The minimum atomic E-state index is -0.781. The van der Waals surface area contributed by atoms with E-state index in [2.05, 4.69) is 5.32 Å². The van der Waals surface area contributed by atoms with Gasteiger partial charge in [0.1, 0.15) is 5.82 Å². The Hall–Kier alpha value is -3.52. The van der Waals surface area contributed by atoms with Gasteiger partial charge >= 0.3 is 0 Å². The smallest absolute Gasteiger partial charge is 0.254 e. The molecule has 3 aromatic carbocycles. The Morgan fingerprint density at radius 3 is 2.29 bits per heavy atom. The van der Waals surface area contributed by atoms with Gasteiger partial charge in [0.25, 0.3) is 5.91 Å².